The maximum Gasteiger partial charge on any atom is 0.134 e. The lowest BCUT2D eigenvalue weighted by Crippen LogP contribution is -2.29. The molecule has 2 N–H and O–H groups in total. The molecule has 3 heteroatoms. The lowest BCUT2D eigenvalue weighted by Gasteiger charge is -2.24. The van der Waals surface area contributed by atoms with Crippen LogP contribution in [0.25, 0.3) is 11.0 Å². The molecule has 2 aromatic rings. The highest BCUT2D eigenvalue weighted by atomic mass is 16.3. The summed E-state index contributed by atoms with van der Waals surface area (Å²) >= 11 is 0. The van der Waals surface area contributed by atoms with Gasteiger partial charge in [0, 0.05) is 18.5 Å². The van der Waals surface area contributed by atoms with Gasteiger partial charge in [-0.2, -0.15) is 0 Å². The zero-order valence-electron chi connectivity index (χ0n) is 11.8. The standard InChI is InChI=1S/C16H23NO2/c1-16(2,8-5-9-18)12-17-11-14-10-13-6-3-4-7-15(13)19-14/h3-4,6-7,10,17-18H,5,8-9,11-12H2,1-2H3. The van der Waals surface area contributed by atoms with Gasteiger partial charge in [-0.25, -0.2) is 0 Å². The van der Waals surface area contributed by atoms with Crippen molar-refractivity contribution in [2.24, 2.45) is 5.41 Å². The Morgan fingerprint density at radius 1 is 1.26 bits per heavy atom. The molecular weight excluding hydrogens is 238 g/mol. The number of fused-ring (bicyclic) bond motifs is 1. The smallest absolute Gasteiger partial charge is 0.134 e. The molecule has 0 radical (unpaired) electrons. The van der Waals surface area contributed by atoms with Gasteiger partial charge in [-0.15, -0.1) is 0 Å². The number of hydrogen-bond acceptors (Lipinski definition) is 3. The number of aliphatic hydroxyl groups is 1. The second kappa shape index (κ2) is 6.22. The Labute approximate surface area is 114 Å². The molecule has 0 aliphatic heterocycles. The first kappa shape index (κ1) is 14.1. The molecule has 0 spiro atoms. The Morgan fingerprint density at radius 3 is 2.79 bits per heavy atom. The van der Waals surface area contributed by atoms with Gasteiger partial charge in [0.2, 0.25) is 0 Å². The molecule has 0 bridgehead atoms. The predicted molar refractivity (Wildman–Crippen MR) is 78.0 cm³/mol. The maximum absolute atomic E-state index is 8.88. The number of furan rings is 1. The van der Waals surface area contributed by atoms with Crippen molar-refractivity contribution in [3.8, 4) is 0 Å². The second-order valence-corrected chi connectivity index (χ2v) is 5.85. The van der Waals surface area contributed by atoms with Crippen LogP contribution in [0.4, 0.5) is 0 Å². The van der Waals surface area contributed by atoms with E-state index in [2.05, 4.69) is 31.3 Å². The van der Waals surface area contributed by atoms with Gasteiger partial charge in [0.05, 0.1) is 6.54 Å². The summed E-state index contributed by atoms with van der Waals surface area (Å²) in [5.74, 6) is 0.971. The van der Waals surface area contributed by atoms with Crippen LogP contribution < -0.4 is 5.32 Å². The number of para-hydroxylation sites is 1. The van der Waals surface area contributed by atoms with Gasteiger partial charge in [0.25, 0.3) is 0 Å². The number of benzene rings is 1. The van der Waals surface area contributed by atoms with E-state index in [0.29, 0.717) is 0 Å². The van der Waals surface area contributed by atoms with Crippen LogP contribution in [0.5, 0.6) is 0 Å². The average Bonchev–Trinajstić information content (AvgIpc) is 2.78. The SMILES string of the molecule is CC(C)(CCCO)CNCc1cc2ccccc2o1. The highest BCUT2D eigenvalue weighted by molar-refractivity contribution is 5.77. The van der Waals surface area contributed by atoms with Gasteiger partial charge < -0.3 is 14.8 Å². The predicted octanol–water partition coefficient (Wildman–Crippen LogP) is 3.32. The topological polar surface area (TPSA) is 45.4 Å². The number of aliphatic hydroxyl groups excluding tert-OH is 1. The van der Waals surface area contributed by atoms with Gasteiger partial charge in [0.15, 0.2) is 0 Å². The third kappa shape index (κ3) is 4.08. The van der Waals surface area contributed by atoms with Crippen LogP contribution in [0, 0.1) is 5.41 Å². The molecule has 0 fully saturated rings. The van der Waals surface area contributed by atoms with Crippen molar-refractivity contribution in [2.75, 3.05) is 13.2 Å². The highest BCUT2D eigenvalue weighted by Gasteiger charge is 2.16. The van der Waals surface area contributed by atoms with E-state index in [-0.39, 0.29) is 12.0 Å². The first-order chi connectivity index (χ1) is 9.11. The van der Waals surface area contributed by atoms with Gasteiger partial charge in [-0.3, -0.25) is 0 Å². The summed E-state index contributed by atoms with van der Waals surface area (Å²) < 4.78 is 5.76. The van der Waals surface area contributed by atoms with Crippen molar-refractivity contribution < 1.29 is 9.52 Å². The summed E-state index contributed by atoms with van der Waals surface area (Å²) in [7, 11) is 0. The summed E-state index contributed by atoms with van der Waals surface area (Å²) in [4.78, 5) is 0. The first-order valence-electron chi connectivity index (χ1n) is 6.90. The van der Waals surface area contributed by atoms with Crippen LogP contribution in [-0.4, -0.2) is 18.3 Å². The molecular formula is C16H23NO2. The maximum atomic E-state index is 8.88. The molecule has 1 heterocycles. The zero-order chi connectivity index (χ0) is 13.7. The third-order valence-electron chi connectivity index (χ3n) is 3.39. The van der Waals surface area contributed by atoms with E-state index in [1.54, 1.807) is 0 Å². The third-order valence-corrected chi connectivity index (χ3v) is 3.39. The fraction of sp³-hybridized carbons (Fsp3) is 0.500. The molecule has 1 aromatic heterocycles. The first-order valence-corrected chi connectivity index (χ1v) is 6.90. The molecule has 0 atom stereocenters. The number of hydrogen-bond donors (Lipinski definition) is 2. The van der Waals surface area contributed by atoms with Crippen LogP contribution >= 0.6 is 0 Å². The summed E-state index contributed by atoms with van der Waals surface area (Å²) in [6, 6.07) is 10.1. The van der Waals surface area contributed by atoms with Crippen molar-refractivity contribution in [1.82, 2.24) is 5.32 Å². The number of nitrogens with one attached hydrogen (secondary N) is 1. The molecule has 1 aromatic carbocycles. The van der Waals surface area contributed by atoms with Crippen LogP contribution in [0.15, 0.2) is 34.7 Å². The fourth-order valence-electron chi connectivity index (χ4n) is 2.29. The van der Waals surface area contributed by atoms with Crippen molar-refractivity contribution >= 4 is 11.0 Å². The lowest BCUT2D eigenvalue weighted by atomic mass is 9.88. The minimum atomic E-state index is 0.203. The average molecular weight is 261 g/mol. The highest BCUT2D eigenvalue weighted by Crippen LogP contribution is 2.22. The van der Waals surface area contributed by atoms with Crippen molar-refractivity contribution in [1.29, 1.82) is 0 Å². The van der Waals surface area contributed by atoms with Gasteiger partial charge in [0.1, 0.15) is 11.3 Å². The summed E-state index contributed by atoms with van der Waals surface area (Å²) in [5, 5.41) is 13.5. The van der Waals surface area contributed by atoms with Crippen molar-refractivity contribution in [3.63, 3.8) is 0 Å². The molecule has 0 saturated carbocycles. The Bertz CT molecular complexity index is 483. The summed E-state index contributed by atoms with van der Waals surface area (Å²) in [6.45, 7) is 6.37. The molecule has 3 nitrogen and oxygen atoms in total. The van der Waals surface area contributed by atoms with Crippen LogP contribution in [-0.2, 0) is 6.54 Å². The normalized spacial score (nSPS) is 12.2. The Morgan fingerprint density at radius 2 is 2.05 bits per heavy atom. The quantitative estimate of drug-likeness (QED) is 0.803. The van der Waals surface area contributed by atoms with E-state index in [1.807, 2.05) is 18.2 Å². The van der Waals surface area contributed by atoms with Crippen LogP contribution in [0.1, 0.15) is 32.4 Å². The second-order valence-electron chi connectivity index (χ2n) is 5.85. The van der Waals surface area contributed by atoms with E-state index in [0.717, 1.165) is 42.7 Å². The molecule has 0 aliphatic rings. The van der Waals surface area contributed by atoms with Crippen LogP contribution in [0.3, 0.4) is 0 Å². The molecule has 2 rings (SSSR count). The fourth-order valence-corrected chi connectivity index (χ4v) is 2.29. The van der Waals surface area contributed by atoms with Gasteiger partial charge in [-0.05, 0) is 30.4 Å². The summed E-state index contributed by atoms with van der Waals surface area (Å²) in [5.41, 5.74) is 1.15. The van der Waals surface area contributed by atoms with Crippen molar-refractivity contribution in [3.05, 3.63) is 36.1 Å². The lowest BCUT2D eigenvalue weighted by molar-refractivity contribution is 0.235. The number of rotatable bonds is 7. The largest absolute Gasteiger partial charge is 0.460 e. The van der Waals surface area contributed by atoms with E-state index < -0.39 is 0 Å². The molecule has 104 valence electrons. The van der Waals surface area contributed by atoms with E-state index in [9.17, 15) is 0 Å². The van der Waals surface area contributed by atoms with E-state index in [1.165, 1.54) is 0 Å². The molecule has 19 heavy (non-hydrogen) atoms. The Kier molecular flexibility index (Phi) is 4.61. The van der Waals surface area contributed by atoms with Crippen LogP contribution in [0.2, 0.25) is 0 Å². The minimum Gasteiger partial charge on any atom is -0.460 e. The Balaban J connectivity index is 1.85. The van der Waals surface area contributed by atoms with Crippen molar-refractivity contribution in [2.45, 2.75) is 33.2 Å². The van der Waals surface area contributed by atoms with E-state index in [4.69, 9.17) is 9.52 Å². The monoisotopic (exact) mass is 261 g/mol. The minimum absolute atomic E-state index is 0.203. The summed E-state index contributed by atoms with van der Waals surface area (Å²) in [6.07, 6.45) is 1.88. The Hall–Kier alpha value is -1.32. The molecule has 0 aliphatic carbocycles. The van der Waals surface area contributed by atoms with E-state index >= 15 is 0 Å². The molecule has 0 unspecified atom stereocenters. The van der Waals surface area contributed by atoms with Gasteiger partial charge in [-0.1, -0.05) is 32.0 Å². The molecule has 0 saturated heterocycles. The molecule has 0 amide bonds. The van der Waals surface area contributed by atoms with Gasteiger partial charge >= 0.3 is 0 Å². The zero-order valence-corrected chi connectivity index (χ0v) is 11.8.